The molecule has 6 nitrogen and oxygen atoms in total. The molecule has 7 heteroatoms. The second kappa shape index (κ2) is 6.58. The highest BCUT2D eigenvalue weighted by molar-refractivity contribution is 7.98. The van der Waals surface area contributed by atoms with E-state index in [1.54, 1.807) is 24.0 Å². The zero-order chi connectivity index (χ0) is 15.5. The molecule has 1 atom stereocenters. The summed E-state index contributed by atoms with van der Waals surface area (Å²) in [7, 11) is 1.95. The highest BCUT2D eigenvalue weighted by atomic mass is 32.2. The molecule has 0 bridgehead atoms. The molecule has 2 aromatic rings. The second-order valence-corrected chi connectivity index (χ2v) is 6.47. The molecule has 0 aliphatic heterocycles. The van der Waals surface area contributed by atoms with E-state index in [-0.39, 0.29) is 11.9 Å². The highest BCUT2D eigenvalue weighted by Gasteiger charge is 2.31. The van der Waals surface area contributed by atoms with Crippen molar-refractivity contribution in [3.05, 3.63) is 36.0 Å². The number of rotatable bonds is 7. The van der Waals surface area contributed by atoms with Gasteiger partial charge in [0.15, 0.2) is 10.9 Å². The average molecular weight is 320 g/mol. The minimum absolute atomic E-state index is 0.0583. The van der Waals surface area contributed by atoms with Crippen molar-refractivity contribution in [2.75, 3.05) is 6.54 Å². The fraction of sp³-hybridized carbons (Fsp3) is 0.467. The molecule has 22 heavy (non-hydrogen) atoms. The van der Waals surface area contributed by atoms with Gasteiger partial charge in [-0.05, 0) is 30.9 Å². The van der Waals surface area contributed by atoms with Crippen molar-refractivity contribution in [2.24, 2.45) is 18.7 Å². The van der Waals surface area contributed by atoms with Crippen LogP contribution in [0, 0.1) is 5.92 Å². The maximum Gasteiger partial charge on any atom is 0.287 e. The average Bonchev–Trinajstić information content (AvgIpc) is 3.10. The monoisotopic (exact) mass is 320 g/mol. The molecule has 2 heterocycles. The Balaban J connectivity index is 1.56. The van der Waals surface area contributed by atoms with Crippen LogP contribution in [-0.4, -0.2) is 28.0 Å². The minimum Gasteiger partial charge on any atom is -0.455 e. The van der Waals surface area contributed by atoms with E-state index < -0.39 is 0 Å². The SMILES string of the molecule is Cn1ccnc1SCc1ccc(C(=O)NC(CN)C2CC2)o1. The predicted octanol–water partition coefficient (Wildman–Crippen LogP) is 1.77. The fourth-order valence-corrected chi connectivity index (χ4v) is 3.14. The molecule has 1 amide bonds. The van der Waals surface area contributed by atoms with Crippen LogP contribution in [0.4, 0.5) is 0 Å². The molecular formula is C15H20N4O2S. The molecule has 1 fully saturated rings. The van der Waals surface area contributed by atoms with Crippen LogP contribution in [0.2, 0.25) is 0 Å². The predicted molar refractivity (Wildman–Crippen MR) is 84.5 cm³/mol. The first-order valence-corrected chi connectivity index (χ1v) is 8.35. The van der Waals surface area contributed by atoms with Crippen molar-refractivity contribution < 1.29 is 9.21 Å². The molecule has 2 aromatic heterocycles. The fourth-order valence-electron chi connectivity index (χ4n) is 2.31. The van der Waals surface area contributed by atoms with E-state index in [2.05, 4.69) is 10.3 Å². The van der Waals surface area contributed by atoms with Crippen LogP contribution in [0.3, 0.4) is 0 Å². The number of nitrogens with two attached hydrogens (primary N) is 1. The lowest BCUT2D eigenvalue weighted by Crippen LogP contribution is -2.41. The smallest absolute Gasteiger partial charge is 0.287 e. The number of carbonyl (C=O) groups is 1. The van der Waals surface area contributed by atoms with Crippen LogP contribution in [0.15, 0.2) is 34.1 Å². The Kier molecular flexibility index (Phi) is 4.54. The Morgan fingerprint density at radius 2 is 2.41 bits per heavy atom. The van der Waals surface area contributed by atoms with E-state index in [1.807, 2.05) is 23.9 Å². The normalized spacial score (nSPS) is 15.7. The van der Waals surface area contributed by atoms with Crippen LogP contribution in [-0.2, 0) is 12.8 Å². The summed E-state index contributed by atoms with van der Waals surface area (Å²) in [5.41, 5.74) is 5.70. The highest BCUT2D eigenvalue weighted by Crippen LogP contribution is 2.32. The van der Waals surface area contributed by atoms with E-state index in [0.29, 0.717) is 24.0 Å². The van der Waals surface area contributed by atoms with Gasteiger partial charge in [-0.2, -0.15) is 0 Å². The van der Waals surface area contributed by atoms with Gasteiger partial charge >= 0.3 is 0 Å². The van der Waals surface area contributed by atoms with Crippen molar-refractivity contribution >= 4 is 17.7 Å². The molecular weight excluding hydrogens is 300 g/mol. The molecule has 0 saturated heterocycles. The van der Waals surface area contributed by atoms with Gasteiger partial charge in [-0.15, -0.1) is 0 Å². The Morgan fingerprint density at radius 3 is 3.05 bits per heavy atom. The van der Waals surface area contributed by atoms with Gasteiger partial charge in [0.1, 0.15) is 5.76 Å². The number of carbonyl (C=O) groups excluding carboxylic acids is 1. The van der Waals surface area contributed by atoms with Crippen molar-refractivity contribution in [3.63, 3.8) is 0 Å². The molecule has 3 N–H and O–H groups in total. The van der Waals surface area contributed by atoms with E-state index in [4.69, 9.17) is 10.2 Å². The van der Waals surface area contributed by atoms with Crippen LogP contribution in [0.5, 0.6) is 0 Å². The summed E-state index contributed by atoms with van der Waals surface area (Å²) < 4.78 is 7.57. The third-order valence-corrected chi connectivity index (χ3v) is 4.85. The zero-order valence-corrected chi connectivity index (χ0v) is 13.3. The number of aromatic nitrogens is 2. The molecule has 1 aliphatic carbocycles. The van der Waals surface area contributed by atoms with Gasteiger partial charge in [0.05, 0.1) is 5.75 Å². The molecule has 0 spiro atoms. The molecule has 3 rings (SSSR count). The number of furan rings is 1. The lowest BCUT2D eigenvalue weighted by atomic mass is 10.2. The standard InChI is InChI=1S/C15H20N4O2S/c1-19-7-6-17-15(19)22-9-11-4-5-13(21-11)14(20)18-12(8-16)10-2-3-10/h4-7,10,12H,2-3,8-9,16H2,1H3,(H,18,20). The summed E-state index contributed by atoms with van der Waals surface area (Å²) in [4.78, 5) is 16.4. The molecule has 118 valence electrons. The Labute approximate surface area is 133 Å². The number of hydrogen-bond acceptors (Lipinski definition) is 5. The summed E-state index contributed by atoms with van der Waals surface area (Å²) in [6.07, 6.45) is 5.94. The van der Waals surface area contributed by atoms with E-state index in [1.165, 1.54) is 0 Å². The van der Waals surface area contributed by atoms with E-state index in [9.17, 15) is 4.79 Å². The van der Waals surface area contributed by atoms with Crippen LogP contribution in [0.1, 0.15) is 29.2 Å². The molecule has 1 unspecified atom stereocenters. The van der Waals surface area contributed by atoms with Crippen LogP contribution < -0.4 is 11.1 Å². The number of nitrogens with one attached hydrogen (secondary N) is 1. The van der Waals surface area contributed by atoms with Gasteiger partial charge in [0.25, 0.3) is 5.91 Å². The van der Waals surface area contributed by atoms with Gasteiger partial charge < -0.3 is 20.0 Å². The largest absolute Gasteiger partial charge is 0.455 e. The van der Waals surface area contributed by atoms with Crippen molar-refractivity contribution in [1.29, 1.82) is 0 Å². The second-order valence-electron chi connectivity index (χ2n) is 5.53. The van der Waals surface area contributed by atoms with Crippen molar-refractivity contribution in [3.8, 4) is 0 Å². The first kappa shape index (κ1) is 15.2. The van der Waals surface area contributed by atoms with E-state index in [0.717, 1.165) is 23.8 Å². The molecule has 1 saturated carbocycles. The zero-order valence-electron chi connectivity index (χ0n) is 12.5. The number of imidazole rings is 1. The Morgan fingerprint density at radius 1 is 1.59 bits per heavy atom. The number of amides is 1. The first-order chi connectivity index (χ1) is 10.7. The molecule has 0 radical (unpaired) electrons. The minimum atomic E-state index is -0.185. The summed E-state index contributed by atoms with van der Waals surface area (Å²) in [5.74, 6) is 2.09. The maximum absolute atomic E-state index is 12.2. The molecule has 0 aromatic carbocycles. The molecule has 1 aliphatic rings. The van der Waals surface area contributed by atoms with Gasteiger partial charge in [0.2, 0.25) is 0 Å². The Hall–Kier alpha value is -1.73. The number of thioether (sulfide) groups is 1. The van der Waals surface area contributed by atoms with Gasteiger partial charge in [-0.3, -0.25) is 4.79 Å². The van der Waals surface area contributed by atoms with Gasteiger partial charge in [0, 0.05) is 32.0 Å². The summed E-state index contributed by atoms with van der Waals surface area (Å²) in [6.45, 7) is 0.471. The third kappa shape index (κ3) is 3.53. The number of nitrogens with zero attached hydrogens (tertiary/aromatic N) is 2. The summed E-state index contributed by atoms with van der Waals surface area (Å²) >= 11 is 1.57. The maximum atomic E-state index is 12.2. The van der Waals surface area contributed by atoms with Crippen LogP contribution in [0.25, 0.3) is 0 Å². The quantitative estimate of drug-likeness (QED) is 0.759. The van der Waals surface area contributed by atoms with Crippen LogP contribution >= 0.6 is 11.8 Å². The first-order valence-electron chi connectivity index (χ1n) is 7.37. The number of hydrogen-bond donors (Lipinski definition) is 2. The summed E-state index contributed by atoms with van der Waals surface area (Å²) in [6, 6.07) is 3.60. The topological polar surface area (TPSA) is 86.1 Å². The number of aryl methyl sites for hydroxylation is 1. The lowest BCUT2D eigenvalue weighted by molar-refractivity contribution is 0.0904. The van der Waals surface area contributed by atoms with E-state index >= 15 is 0 Å². The summed E-state index contributed by atoms with van der Waals surface area (Å²) in [5, 5.41) is 3.87. The van der Waals surface area contributed by atoms with Crippen molar-refractivity contribution in [1.82, 2.24) is 14.9 Å². The third-order valence-electron chi connectivity index (χ3n) is 3.77. The van der Waals surface area contributed by atoms with Gasteiger partial charge in [-0.25, -0.2) is 4.98 Å². The van der Waals surface area contributed by atoms with Gasteiger partial charge in [-0.1, -0.05) is 11.8 Å². The lowest BCUT2D eigenvalue weighted by Gasteiger charge is -2.14. The van der Waals surface area contributed by atoms with Crippen molar-refractivity contribution in [2.45, 2.75) is 29.8 Å². The Bertz CT molecular complexity index is 648.